The van der Waals surface area contributed by atoms with Gasteiger partial charge in [0, 0.05) is 26.2 Å². The molecule has 0 saturated carbocycles. The Morgan fingerprint density at radius 2 is 1.93 bits per heavy atom. The number of hydrogen-bond donors (Lipinski definition) is 3. The lowest BCUT2D eigenvalue weighted by atomic mass is 10.1. The van der Waals surface area contributed by atoms with Crippen molar-refractivity contribution in [2.24, 2.45) is 14.1 Å². The van der Waals surface area contributed by atoms with Gasteiger partial charge in [-0.15, -0.1) is 0 Å². The van der Waals surface area contributed by atoms with Crippen LogP contribution in [0.2, 0.25) is 0 Å². The molecule has 0 unspecified atom stereocenters. The molecular formula is C19H25N5O4. The van der Waals surface area contributed by atoms with Gasteiger partial charge in [-0.05, 0) is 43.6 Å². The van der Waals surface area contributed by atoms with Crippen molar-refractivity contribution in [3.63, 3.8) is 0 Å². The molecule has 0 amide bonds. The third kappa shape index (κ3) is 3.85. The summed E-state index contributed by atoms with van der Waals surface area (Å²) >= 11 is 0. The number of imidazole rings is 1. The van der Waals surface area contributed by atoms with Gasteiger partial charge in [0.25, 0.3) is 5.56 Å². The summed E-state index contributed by atoms with van der Waals surface area (Å²) in [7, 11) is 3.07. The number of aliphatic hydroxyl groups excluding tert-OH is 1. The number of benzene rings is 1. The minimum absolute atomic E-state index is 0.107. The van der Waals surface area contributed by atoms with E-state index in [-0.39, 0.29) is 23.6 Å². The van der Waals surface area contributed by atoms with E-state index >= 15 is 0 Å². The molecule has 0 spiro atoms. The van der Waals surface area contributed by atoms with Crippen molar-refractivity contribution in [3.8, 4) is 5.75 Å². The smallest absolute Gasteiger partial charge is 0.332 e. The summed E-state index contributed by atoms with van der Waals surface area (Å²) in [5.41, 5.74) is 1.68. The van der Waals surface area contributed by atoms with Crippen molar-refractivity contribution in [1.82, 2.24) is 24.0 Å². The summed E-state index contributed by atoms with van der Waals surface area (Å²) in [5.74, 6) is 0.107. The highest BCUT2D eigenvalue weighted by atomic mass is 16.3. The Labute approximate surface area is 161 Å². The van der Waals surface area contributed by atoms with E-state index in [1.165, 1.54) is 11.6 Å². The topological polar surface area (TPSA) is 114 Å². The number of fused-ring (bicyclic) bond motifs is 1. The van der Waals surface area contributed by atoms with Crippen LogP contribution < -0.4 is 16.6 Å². The second-order valence-electron chi connectivity index (χ2n) is 6.79. The molecule has 9 nitrogen and oxygen atoms in total. The number of aryl methyl sites for hydroxylation is 2. The fraction of sp³-hybridized carbons (Fsp3) is 0.421. The molecule has 0 radical (unpaired) electrons. The Balaban J connectivity index is 1.54. The summed E-state index contributed by atoms with van der Waals surface area (Å²) in [6.07, 6.45) is 3.18. The predicted octanol–water partition coefficient (Wildman–Crippen LogP) is -0.146. The first-order valence-electron chi connectivity index (χ1n) is 9.17. The summed E-state index contributed by atoms with van der Waals surface area (Å²) in [6, 6.07) is 5.24. The molecule has 3 aromatic rings. The largest absolute Gasteiger partial charge is 0.508 e. The van der Waals surface area contributed by atoms with Gasteiger partial charge in [-0.2, -0.15) is 0 Å². The fourth-order valence-corrected chi connectivity index (χ4v) is 3.22. The van der Waals surface area contributed by atoms with Crippen LogP contribution in [-0.4, -0.2) is 42.0 Å². The second kappa shape index (κ2) is 8.41. The van der Waals surface area contributed by atoms with Crippen molar-refractivity contribution in [2.75, 3.05) is 13.1 Å². The Hall–Kier alpha value is -2.91. The Morgan fingerprint density at radius 3 is 2.68 bits per heavy atom. The molecular weight excluding hydrogens is 362 g/mol. The highest BCUT2D eigenvalue weighted by molar-refractivity contribution is 5.69. The Morgan fingerprint density at radius 1 is 1.14 bits per heavy atom. The molecule has 1 aromatic carbocycles. The van der Waals surface area contributed by atoms with E-state index in [0.29, 0.717) is 23.3 Å². The number of rotatable bonds is 8. The zero-order valence-corrected chi connectivity index (χ0v) is 16.1. The van der Waals surface area contributed by atoms with Crippen LogP contribution in [0.15, 0.2) is 34.1 Å². The van der Waals surface area contributed by atoms with Crippen molar-refractivity contribution < 1.29 is 10.2 Å². The van der Waals surface area contributed by atoms with Crippen LogP contribution in [0.5, 0.6) is 5.75 Å². The number of aliphatic hydroxyl groups is 1. The normalized spacial score (nSPS) is 11.4. The maximum absolute atomic E-state index is 12.4. The van der Waals surface area contributed by atoms with E-state index in [0.717, 1.165) is 36.1 Å². The third-order valence-corrected chi connectivity index (χ3v) is 4.87. The molecule has 0 aliphatic carbocycles. The molecule has 0 bridgehead atoms. The van der Waals surface area contributed by atoms with Gasteiger partial charge in [0.2, 0.25) is 0 Å². The van der Waals surface area contributed by atoms with Gasteiger partial charge in [-0.3, -0.25) is 13.9 Å². The first-order chi connectivity index (χ1) is 13.4. The Bertz CT molecular complexity index is 1100. The van der Waals surface area contributed by atoms with E-state index in [4.69, 9.17) is 0 Å². The highest BCUT2D eigenvalue weighted by Gasteiger charge is 2.13. The molecule has 2 aromatic heterocycles. The van der Waals surface area contributed by atoms with Crippen molar-refractivity contribution >= 4 is 11.2 Å². The van der Waals surface area contributed by atoms with Crippen LogP contribution in [0, 0.1) is 0 Å². The molecule has 28 heavy (non-hydrogen) atoms. The lowest BCUT2D eigenvalue weighted by molar-refractivity contribution is 0.275. The second-order valence-corrected chi connectivity index (χ2v) is 6.79. The van der Waals surface area contributed by atoms with Gasteiger partial charge >= 0.3 is 5.69 Å². The van der Waals surface area contributed by atoms with Gasteiger partial charge in [0.1, 0.15) is 5.75 Å². The maximum atomic E-state index is 12.4. The van der Waals surface area contributed by atoms with Gasteiger partial charge in [-0.25, -0.2) is 9.78 Å². The van der Waals surface area contributed by atoms with Crippen LogP contribution in [0.25, 0.3) is 11.2 Å². The van der Waals surface area contributed by atoms with Crippen LogP contribution in [0.4, 0.5) is 0 Å². The summed E-state index contributed by atoms with van der Waals surface area (Å²) in [5, 5.41) is 22.1. The molecule has 0 aliphatic rings. The molecule has 3 rings (SSSR count). The first-order valence-corrected chi connectivity index (χ1v) is 9.17. The van der Waals surface area contributed by atoms with Crippen molar-refractivity contribution in [1.29, 1.82) is 0 Å². The monoisotopic (exact) mass is 387 g/mol. The standard InChI is InChI=1S/C19H25N5O4/c1-22-17-16(18(27)23(2)19(22)28)24(12-21-17)9-3-7-20-8-6-13-4-5-15(26)14(10-13)11-25/h4-5,10,12,20,25-26H,3,6-9,11H2,1-2H3. The van der Waals surface area contributed by atoms with Gasteiger partial charge < -0.3 is 20.1 Å². The molecule has 0 aliphatic heterocycles. The lowest BCUT2D eigenvalue weighted by Gasteiger charge is -2.09. The first kappa shape index (κ1) is 19.8. The van der Waals surface area contributed by atoms with Gasteiger partial charge in [0.15, 0.2) is 11.2 Å². The summed E-state index contributed by atoms with van der Waals surface area (Å²) in [6.45, 7) is 1.95. The highest BCUT2D eigenvalue weighted by Crippen LogP contribution is 2.18. The molecule has 3 N–H and O–H groups in total. The zero-order chi connectivity index (χ0) is 20.3. The number of aromatic hydroxyl groups is 1. The molecule has 150 valence electrons. The number of aromatic nitrogens is 4. The number of phenols is 1. The minimum Gasteiger partial charge on any atom is -0.508 e. The average Bonchev–Trinajstić information content (AvgIpc) is 3.12. The van der Waals surface area contributed by atoms with E-state index in [9.17, 15) is 19.8 Å². The Kier molecular flexibility index (Phi) is 5.96. The van der Waals surface area contributed by atoms with E-state index in [2.05, 4.69) is 10.3 Å². The number of hydrogen-bond acceptors (Lipinski definition) is 6. The van der Waals surface area contributed by atoms with E-state index in [1.807, 2.05) is 6.07 Å². The van der Waals surface area contributed by atoms with E-state index < -0.39 is 0 Å². The van der Waals surface area contributed by atoms with Crippen molar-refractivity contribution in [3.05, 3.63) is 56.5 Å². The zero-order valence-electron chi connectivity index (χ0n) is 16.1. The molecule has 0 saturated heterocycles. The average molecular weight is 387 g/mol. The maximum Gasteiger partial charge on any atom is 0.332 e. The van der Waals surface area contributed by atoms with Crippen LogP contribution in [0.1, 0.15) is 17.5 Å². The molecule has 9 heteroatoms. The third-order valence-electron chi connectivity index (χ3n) is 4.87. The SMILES string of the molecule is Cn1c(=O)c2c(ncn2CCCNCCc2ccc(O)c(CO)c2)n(C)c1=O. The van der Waals surface area contributed by atoms with Crippen LogP contribution >= 0.6 is 0 Å². The lowest BCUT2D eigenvalue weighted by Crippen LogP contribution is -2.37. The fourth-order valence-electron chi connectivity index (χ4n) is 3.22. The molecule has 0 atom stereocenters. The van der Waals surface area contributed by atoms with Gasteiger partial charge in [-0.1, -0.05) is 6.07 Å². The van der Waals surface area contributed by atoms with Gasteiger partial charge in [0.05, 0.1) is 12.9 Å². The number of nitrogens with zero attached hydrogens (tertiary/aromatic N) is 4. The summed E-state index contributed by atoms with van der Waals surface area (Å²) in [4.78, 5) is 28.6. The quantitative estimate of drug-likeness (QED) is 0.464. The van der Waals surface area contributed by atoms with Crippen LogP contribution in [0.3, 0.4) is 0 Å². The molecule has 0 fully saturated rings. The number of nitrogens with one attached hydrogen (secondary N) is 1. The van der Waals surface area contributed by atoms with Crippen LogP contribution in [-0.2, 0) is 33.7 Å². The van der Waals surface area contributed by atoms with Crippen molar-refractivity contribution in [2.45, 2.75) is 26.0 Å². The summed E-state index contributed by atoms with van der Waals surface area (Å²) < 4.78 is 4.26. The minimum atomic E-state index is -0.386. The predicted molar refractivity (Wildman–Crippen MR) is 105 cm³/mol. The molecule has 2 heterocycles. The van der Waals surface area contributed by atoms with E-state index in [1.54, 1.807) is 30.1 Å².